The number of hydrogen-bond acceptors (Lipinski definition) is 2. The molecule has 0 amide bonds. The van der Waals surface area contributed by atoms with Crippen molar-refractivity contribution in [1.82, 2.24) is 6.15 Å². The molecule has 0 aromatic carbocycles. The summed E-state index contributed by atoms with van der Waals surface area (Å²) in [4.78, 5) is 0. The highest BCUT2D eigenvalue weighted by Crippen LogP contribution is 2.31. The first-order chi connectivity index (χ1) is 7.74. The van der Waals surface area contributed by atoms with E-state index >= 15 is 0 Å². The highest BCUT2D eigenvalue weighted by Gasteiger charge is 2.27. The minimum atomic E-state index is 0. The Morgan fingerprint density at radius 2 is 1.12 bits per heavy atom. The normalized spacial score (nSPS) is 11.3. The van der Waals surface area contributed by atoms with Crippen molar-refractivity contribution in [2.45, 2.75) is 90.6 Å². The SMILES string of the molecule is CCCCCC(CCCC)(CCCC)OC.N. The van der Waals surface area contributed by atoms with Crippen LogP contribution in [-0.2, 0) is 4.74 Å². The fraction of sp³-hybridized carbons (Fsp3) is 1.00. The maximum atomic E-state index is 5.89. The maximum Gasteiger partial charge on any atom is 0.0678 e. The number of methoxy groups -OCH3 is 1. The van der Waals surface area contributed by atoms with Crippen LogP contribution in [-0.4, -0.2) is 12.7 Å². The maximum absolute atomic E-state index is 5.89. The second-order valence-corrected chi connectivity index (χ2v) is 5.05. The lowest BCUT2D eigenvalue weighted by Gasteiger charge is -2.33. The van der Waals surface area contributed by atoms with Gasteiger partial charge in [0.2, 0.25) is 0 Å². The Morgan fingerprint density at radius 1 is 0.706 bits per heavy atom. The molecule has 0 aliphatic rings. The fourth-order valence-corrected chi connectivity index (χ4v) is 2.38. The van der Waals surface area contributed by atoms with Crippen LogP contribution in [0.25, 0.3) is 0 Å². The Kier molecular flexibility index (Phi) is 14.0. The molecule has 0 bridgehead atoms. The van der Waals surface area contributed by atoms with Gasteiger partial charge in [-0.2, -0.15) is 0 Å². The molecule has 0 aromatic heterocycles. The van der Waals surface area contributed by atoms with E-state index in [4.69, 9.17) is 4.74 Å². The summed E-state index contributed by atoms with van der Waals surface area (Å²) in [5, 5.41) is 0. The van der Waals surface area contributed by atoms with E-state index in [0.29, 0.717) is 0 Å². The summed E-state index contributed by atoms with van der Waals surface area (Å²) in [5.41, 5.74) is 0.196. The first kappa shape index (κ1) is 19.3. The second kappa shape index (κ2) is 12.4. The van der Waals surface area contributed by atoms with Crippen molar-refractivity contribution in [1.29, 1.82) is 0 Å². The van der Waals surface area contributed by atoms with E-state index in [1.54, 1.807) is 0 Å². The van der Waals surface area contributed by atoms with Gasteiger partial charge >= 0.3 is 0 Å². The van der Waals surface area contributed by atoms with Gasteiger partial charge < -0.3 is 10.9 Å². The van der Waals surface area contributed by atoms with Crippen molar-refractivity contribution in [2.24, 2.45) is 0 Å². The first-order valence-electron chi connectivity index (χ1n) is 7.29. The third kappa shape index (κ3) is 8.62. The predicted molar refractivity (Wildman–Crippen MR) is 78.0 cm³/mol. The van der Waals surface area contributed by atoms with Gasteiger partial charge in [0, 0.05) is 7.11 Å². The lowest BCUT2D eigenvalue weighted by molar-refractivity contribution is -0.0359. The van der Waals surface area contributed by atoms with Gasteiger partial charge in [0.1, 0.15) is 0 Å². The number of rotatable bonds is 11. The molecule has 3 N–H and O–H groups in total. The Labute approximate surface area is 109 Å². The van der Waals surface area contributed by atoms with Gasteiger partial charge in [-0.05, 0) is 19.3 Å². The molecule has 0 fully saturated rings. The average molecular weight is 245 g/mol. The summed E-state index contributed by atoms with van der Waals surface area (Å²) < 4.78 is 5.89. The minimum Gasteiger partial charge on any atom is -0.378 e. The third-order valence-corrected chi connectivity index (χ3v) is 3.64. The van der Waals surface area contributed by atoms with E-state index in [9.17, 15) is 0 Å². The molecule has 0 aromatic rings. The summed E-state index contributed by atoms with van der Waals surface area (Å²) in [6, 6.07) is 0. The molecule has 0 radical (unpaired) electrons. The number of ether oxygens (including phenoxy) is 1. The molecule has 0 saturated carbocycles. The molecule has 17 heavy (non-hydrogen) atoms. The largest absolute Gasteiger partial charge is 0.378 e. The van der Waals surface area contributed by atoms with Crippen LogP contribution in [0.5, 0.6) is 0 Å². The van der Waals surface area contributed by atoms with Crippen LogP contribution < -0.4 is 6.15 Å². The quantitative estimate of drug-likeness (QED) is 0.489. The molecule has 106 valence electrons. The van der Waals surface area contributed by atoms with Gasteiger partial charge in [0.25, 0.3) is 0 Å². The number of hydrogen-bond donors (Lipinski definition) is 1. The van der Waals surface area contributed by atoms with Crippen molar-refractivity contribution in [3.05, 3.63) is 0 Å². The first-order valence-corrected chi connectivity index (χ1v) is 7.29. The number of unbranched alkanes of at least 4 members (excludes halogenated alkanes) is 4. The van der Waals surface area contributed by atoms with E-state index in [-0.39, 0.29) is 11.8 Å². The fourth-order valence-electron chi connectivity index (χ4n) is 2.38. The topological polar surface area (TPSA) is 44.2 Å². The third-order valence-electron chi connectivity index (χ3n) is 3.64. The molecule has 0 atom stereocenters. The summed E-state index contributed by atoms with van der Waals surface area (Å²) >= 11 is 0. The van der Waals surface area contributed by atoms with Crippen molar-refractivity contribution in [3.8, 4) is 0 Å². The van der Waals surface area contributed by atoms with Gasteiger partial charge in [-0.3, -0.25) is 0 Å². The Balaban J connectivity index is 0. The van der Waals surface area contributed by atoms with Gasteiger partial charge in [0.05, 0.1) is 5.60 Å². The molecule has 2 heteroatoms. The molecular formula is C15H35NO. The standard InChI is InChI=1S/C15H32O.H3N/c1-5-8-11-14-15(16-4,12-9-6-2)13-10-7-3;/h5-14H2,1-4H3;1H3. The molecule has 2 nitrogen and oxygen atoms in total. The zero-order valence-electron chi connectivity index (χ0n) is 12.7. The van der Waals surface area contributed by atoms with Crippen LogP contribution in [0.2, 0.25) is 0 Å². The van der Waals surface area contributed by atoms with Crippen molar-refractivity contribution < 1.29 is 4.74 Å². The lowest BCUT2D eigenvalue weighted by Crippen LogP contribution is -2.31. The van der Waals surface area contributed by atoms with Gasteiger partial charge in [-0.15, -0.1) is 0 Å². The second-order valence-electron chi connectivity index (χ2n) is 5.05. The average Bonchev–Trinajstić information content (AvgIpc) is 2.32. The molecule has 0 spiro atoms. The van der Waals surface area contributed by atoms with Crippen LogP contribution in [0.3, 0.4) is 0 Å². The van der Waals surface area contributed by atoms with Crippen molar-refractivity contribution in [3.63, 3.8) is 0 Å². The Morgan fingerprint density at radius 3 is 1.47 bits per heavy atom. The van der Waals surface area contributed by atoms with Crippen molar-refractivity contribution >= 4 is 0 Å². The molecule has 0 rings (SSSR count). The Bertz CT molecular complexity index is 140. The van der Waals surface area contributed by atoms with E-state index in [0.717, 1.165) is 0 Å². The van der Waals surface area contributed by atoms with Crippen LogP contribution >= 0.6 is 0 Å². The van der Waals surface area contributed by atoms with Crippen LogP contribution in [0.15, 0.2) is 0 Å². The Hall–Kier alpha value is -0.0800. The van der Waals surface area contributed by atoms with E-state index < -0.39 is 0 Å². The molecule has 0 heterocycles. The zero-order chi connectivity index (χ0) is 12.3. The molecule has 0 unspecified atom stereocenters. The molecule has 0 saturated heterocycles. The zero-order valence-corrected chi connectivity index (χ0v) is 12.7. The van der Waals surface area contributed by atoms with Crippen LogP contribution in [0, 0.1) is 0 Å². The lowest BCUT2D eigenvalue weighted by atomic mass is 9.85. The van der Waals surface area contributed by atoms with E-state index in [1.165, 1.54) is 64.2 Å². The summed E-state index contributed by atoms with van der Waals surface area (Å²) in [6.07, 6.45) is 12.9. The van der Waals surface area contributed by atoms with Crippen LogP contribution in [0.1, 0.15) is 85.0 Å². The van der Waals surface area contributed by atoms with Crippen molar-refractivity contribution in [2.75, 3.05) is 7.11 Å². The minimum absolute atomic E-state index is 0. The monoisotopic (exact) mass is 245 g/mol. The molecule has 0 aliphatic carbocycles. The molecular weight excluding hydrogens is 210 g/mol. The summed E-state index contributed by atoms with van der Waals surface area (Å²) in [6.45, 7) is 6.81. The molecule has 0 aliphatic heterocycles. The van der Waals surface area contributed by atoms with E-state index in [2.05, 4.69) is 20.8 Å². The van der Waals surface area contributed by atoms with E-state index in [1.807, 2.05) is 7.11 Å². The highest BCUT2D eigenvalue weighted by atomic mass is 16.5. The summed E-state index contributed by atoms with van der Waals surface area (Å²) in [7, 11) is 1.91. The van der Waals surface area contributed by atoms with Crippen LogP contribution in [0.4, 0.5) is 0 Å². The van der Waals surface area contributed by atoms with Gasteiger partial charge in [0.15, 0.2) is 0 Å². The predicted octanol–water partition coefficient (Wildman–Crippen LogP) is 5.49. The summed E-state index contributed by atoms with van der Waals surface area (Å²) in [5.74, 6) is 0. The highest BCUT2D eigenvalue weighted by molar-refractivity contribution is 4.80. The van der Waals surface area contributed by atoms with Gasteiger partial charge in [-0.25, -0.2) is 0 Å². The smallest absolute Gasteiger partial charge is 0.0678 e. The van der Waals surface area contributed by atoms with Gasteiger partial charge in [-0.1, -0.05) is 65.7 Å².